The molecular weight excluding hydrogens is 260 g/mol. The van der Waals surface area contributed by atoms with E-state index >= 15 is 0 Å². The zero-order valence-electron chi connectivity index (χ0n) is 7.60. The van der Waals surface area contributed by atoms with Crippen molar-refractivity contribution >= 4 is 44.0 Å². The number of hydrogen-bond acceptors (Lipinski definition) is 1. The van der Waals surface area contributed by atoms with Crippen LogP contribution in [0.3, 0.4) is 0 Å². The van der Waals surface area contributed by atoms with Gasteiger partial charge in [0.05, 0.1) is 11.2 Å². The summed E-state index contributed by atoms with van der Waals surface area (Å²) in [5, 5.41) is 1.12. The first-order valence-corrected chi connectivity index (χ1v) is 5.37. The Kier molecular flexibility index (Phi) is 2.33. The molecule has 0 aliphatic heterocycles. The second-order valence-electron chi connectivity index (χ2n) is 3.26. The number of aryl methyl sites for hydroxylation is 1. The van der Waals surface area contributed by atoms with Crippen molar-refractivity contribution in [2.75, 3.05) is 0 Å². The summed E-state index contributed by atoms with van der Waals surface area (Å²) in [7, 11) is 0. The number of hydrogen-bond donors (Lipinski definition) is 2. The normalized spacial score (nSPS) is 10.7. The number of rotatable bonds is 1. The van der Waals surface area contributed by atoms with Gasteiger partial charge < -0.3 is 10.7 Å². The maximum absolute atomic E-state index is 5.55. The summed E-state index contributed by atoms with van der Waals surface area (Å²) in [5.41, 5.74) is 8.60. The minimum Gasteiger partial charge on any atom is -0.388 e. The van der Waals surface area contributed by atoms with Crippen LogP contribution in [0.25, 0.3) is 10.9 Å². The number of nitrogens with two attached hydrogens (primary N) is 1. The molecule has 1 heterocycles. The largest absolute Gasteiger partial charge is 0.388 e. The Balaban J connectivity index is 2.76. The third-order valence-corrected chi connectivity index (χ3v) is 2.94. The van der Waals surface area contributed by atoms with Gasteiger partial charge in [-0.25, -0.2) is 0 Å². The molecule has 1 aromatic carbocycles. The van der Waals surface area contributed by atoms with E-state index in [0.29, 0.717) is 4.99 Å². The summed E-state index contributed by atoms with van der Waals surface area (Å²) in [6.45, 7) is 2.05. The molecular formula is C10H9BrN2S. The van der Waals surface area contributed by atoms with Gasteiger partial charge in [-0.3, -0.25) is 0 Å². The zero-order chi connectivity index (χ0) is 10.3. The van der Waals surface area contributed by atoms with Gasteiger partial charge in [0.1, 0.15) is 4.99 Å². The summed E-state index contributed by atoms with van der Waals surface area (Å²) < 4.78 is 1.04. The summed E-state index contributed by atoms with van der Waals surface area (Å²) >= 11 is 8.41. The first-order chi connectivity index (χ1) is 6.58. The number of H-pyrrole nitrogens is 1. The molecule has 0 fully saturated rings. The van der Waals surface area contributed by atoms with Crippen LogP contribution in [-0.4, -0.2) is 9.97 Å². The van der Waals surface area contributed by atoms with Crippen molar-refractivity contribution in [1.29, 1.82) is 0 Å². The van der Waals surface area contributed by atoms with Crippen molar-refractivity contribution in [3.8, 4) is 0 Å². The summed E-state index contributed by atoms with van der Waals surface area (Å²) in [6, 6.07) is 6.12. The van der Waals surface area contributed by atoms with Crippen LogP contribution in [0.1, 0.15) is 11.3 Å². The van der Waals surface area contributed by atoms with Gasteiger partial charge in [0.2, 0.25) is 0 Å². The molecule has 0 unspecified atom stereocenters. The molecule has 0 aliphatic rings. The molecule has 0 aliphatic carbocycles. The highest BCUT2D eigenvalue weighted by atomic mass is 79.9. The second kappa shape index (κ2) is 3.37. The van der Waals surface area contributed by atoms with E-state index in [-0.39, 0.29) is 0 Å². The van der Waals surface area contributed by atoms with Gasteiger partial charge in [-0.1, -0.05) is 12.2 Å². The fourth-order valence-electron chi connectivity index (χ4n) is 1.47. The molecule has 2 nitrogen and oxygen atoms in total. The molecule has 0 amide bonds. The average Bonchev–Trinajstić information content (AvgIpc) is 2.47. The summed E-state index contributed by atoms with van der Waals surface area (Å²) in [4.78, 5) is 3.57. The first-order valence-electron chi connectivity index (χ1n) is 4.16. The van der Waals surface area contributed by atoms with E-state index < -0.39 is 0 Å². The second-order valence-corrected chi connectivity index (χ2v) is 4.55. The highest BCUT2D eigenvalue weighted by Gasteiger charge is 2.06. The molecule has 3 N–H and O–H groups in total. The standard InChI is InChI=1S/C10H9BrN2S/c1-5-2-6-4-8(10(12)14)13-9(6)7(11)3-5/h2-4,13H,1H3,(H2,12,14). The quantitative estimate of drug-likeness (QED) is 0.782. The number of halogens is 1. The van der Waals surface area contributed by atoms with E-state index in [1.165, 1.54) is 5.56 Å². The lowest BCUT2D eigenvalue weighted by Gasteiger charge is -1.96. The Morgan fingerprint density at radius 3 is 2.79 bits per heavy atom. The SMILES string of the molecule is Cc1cc(Br)c2[nH]c(C(N)=S)cc2c1. The van der Waals surface area contributed by atoms with Crippen molar-refractivity contribution in [1.82, 2.24) is 4.98 Å². The topological polar surface area (TPSA) is 41.8 Å². The van der Waals surface area contributed by atoms with Gasteiger partial charge in [-0.15, -0.1) is 0 Å². The molecule has 0 bridgehead atoms. The van der Waals surface area contributed by atoms with E-state index in [0.717, 1.165) is 21.1 Å². The number of benzene rings is 1. The van der Waals surface area contributed by atoms with Gasteiger partial charge >= 0.3 is 0 Å². The van der Waals surface area contributed by atoms with Crippen LogP contribution < -0.4 is 5.73 Å². The van der Waals surface area contributed by atoms with E-state index in [1.54, 1.807) is 0 Å². The van der Waals surface area contributed by atoms with Gasteiger partial charge in [0.25, 0.3) is 0 Å². The molecule has 2 rings (SSSR count). The van der Waals surface area contributed by atoms with Crippen molar-refractivity contribution in [2.24, 2.45) is 5.73 Å². The van der Waals surface area contributed by atoms with Crippen molar-refractivity contribution < 1.29 is 0 Å². The van der Waals surface area contributed by atoms with Gasteiger partial charge in [0, 0.05) is 9.86 Å². The van der Waals surface area contributed by atoms with E-state index in [2.05, 4.69) is 40.0 Å². The van der Waals surface area contributed by atoms with Gasteiger partial charge in [-0.2, -0.15) is 0 Å². The molecule has 0 atom stereocenters. The summed E-state index contributed by atoms with van der Waals surface area (Å²) in [6.07, 6.45) is 0. The number of thiocarbonyl (C=S) groups is 1. The number of fused-ring (bicyclic) bond motifs is 1. The lowest BCUT2D eigenvalue weighted by atomic mass is 10.2. The highest BCUT2D eigenvalue weighted by Crippen LogP contribution is 2.25. The molecule has 2 aromatic rings. The van der Waals surface area contributed by atoms with Crippen LogP contribution in [0, 0.1) is 6.92 Å². The Morgan fingerprint density at radius 1 is 1.43 bits per heavy atom. The lowest BCUT2D eigenvalue weighted by molar-refractivity contribution is 1.40. The van der Waals surface area contributed by atoms with E-state index in [1.807, 2.05) is 6.07 Å². The predicted octanol–water partition coefficient (Wildman–Crippen LogP) is 2.87. The molecule has 0 saturated heterocycles. The Morgan fingerprint density at radius 2 is 2.14 bits per heavy atom. The minimum absolute atomic E-state index is 0.394. The van der Waals surface area contributed by atoms with Gasteiger partial charge in [0.15, 0.2) is 0 Å². The van der Waals surface area contributed by atoms with Crippen LogP contribution in [0.2, 0.25) is 0 Å². The fraction of sp³-hybridized carbons (Fsp3) is 0.100. The Hall–Kier alpha value is -0.870. The van der Waals surface area contributed by atoms with Crippen LogP contribution >= 0.6 is 28.1 Å². The zero-order valence-corrected chi connectivity index (χ0v) is 10.00. The first kappa shape index (κ1) is 9.68. The van der Waals surface area contributed by atoms with Crippen molar-refractivity contribution in [3.05, 3.63) is 33.9 Å². The Bertz CT molecular complexity index is 516. The number of aromatic amines is 1. The third kappa shape index (κ3) is 1.55. The molecule has 0 radical (unpaired) electrons. The maximum atomic E-state index is 5.55. The van der Waals surface area contributed by atoms with Crippen LogP contribution in [0.4, 0.5) is 0 Å². The number of aromatic nitrogens is 1. The van der Waals surface area contributed by atoms with Crippen LogP contribution in [0.5, 0.6) is 0 Å². The molecule has 4 heteroatoms. The molecule has 0 spiro atoms. The van der Waals surface area contributed by atoms with E-state index in [9.17, 15) is 0 Å². The predicted molar refractivity (Wildman–Crippen MR) is 66.6 cm³/mol. The van der Waals surface area contributed by atoms with Crippen LogP contribution in [-0.2, 0) is 0 Å². The van der Waals surface area contributed by atoms with Crippen molar-refractivity contribution in [2.45, 2.75) is 6.92 Å². The highest BCUT2D eigenvalue weighted by molar-refractivity contribution is 9.10. The Labute approximate surface area is 95.6 Å². The third-order valence-electron chi connectivity index (χ3n) is 2.09. The molecule has 72 valence electrons. The molecule has 0 saturated carbocycles. The van der Waals surface area contributed by atoms with E-state index in [4.69, 9.17) is 18.0 Å². The van der Waals surface area contributed by atoms with Crippen molar-refractivity contribution in [3.63, 3.8) is 0 Å². The lowest BCUT2D eigenvalue weighted by Crippen LogP contribution is -2.09. The van der Waals surface area contributed by atoms with Gasteiger partial charge in [-0.05, 0) is 46.6 Å². The molecule has 1 aromatic heterocycles. The van der Waals surface area contributed by atoms with Crippen LogP contribution in [0.15, 0.2) is 22.7 Å². The maximum Gasteiger partial charge on any atom is 0.120 e. The smallest absolute Gasteiger partial charge is 0.120 e. The summed E-state index contributed by atoms with van der Waals surface area (Å²) in [5.74, 6) is 0. The number of nitrogens with one attached hydrogen (secondary N) is 1. The minimum atomic E-state index is 0.394. The molecule has 14 heavy (non-hydrogen) atoms. The monoisotopic (exact) mass is 268 g/mol. The fourth-order valence-corrected chi connectivity index (χ4v) is 2.27. The average molecular weight is 269 g/mol.